The monoisotopic (exact) mass is 432 g/mol. The van der Waals surface area contributed by atoms with Crippen LogP contribution >= 0.6 is 11.8 Å². The summed E-state index contributed by atoms with van der Waals surface area (Å²) in [4.78, 5) is 4.40. The number of rotatable bonds is 7. The largest absolute Gasteiger partial charge is 0.485 e. The molecule has 7 nitrogen and oxygen atoms in total. The van der Waals surface area contributed by atoms with Gasteiger partial charge in [-0.15, -0.1) is 16.8 Å². The lowest BCUT2D eigenvalue weighted by atomic mass is 10.2. The van der Waals surface area contributed by atoms with E-state index < -0.39 is 0 Å². The van der Waals surface area contributed by atoms with Crippen molar-refractivity contribution in [2.75, 3.05) is 6.61 Å². The summed E-state index contributed by atoms with van der Waals surface area (Å²) in [6.07, 6.45) is 3.21. The quantitative estimate of drug-likeness (QED) is 0.303. The third-order valence-corrected chi connectivity index (χ3v) is 5.74. The Morgan fingerprint density at radius 3 is 2.71 bits per heavy atom. The molecule has 2 aromatic heterocycles. The molecule has 2 aromatic carbocycles. The zero-order chi connectivity index (χ0) is 21.0. The highest BCUT2D eigenvalue weighted by molar-refractivity contribution is 7.98. The summed E-state index contributed by atoms with van der Waals surface area (Å²) in [6, 6.07) is 17.5. The number of nitrogens with zero attached hydrogens (tertiary/aromatic N) is 4. The average Bonchev–Trinajstić information content (AvgIpc) is 3.45. The molecule has 0 aliphatic carbocycles. The van der Waals surface area contributed by atoms with Crippen LogP contribution in [-0.2, 0) is 12.3 Å². The second-order valence-corrected chi connectivity index (χ2v) is 7.82. The minimum atomic E-state index is -0.344. The summed E-state index contributed by atoms with van der Waals surface area (Å²) in [6.45, 7) is 4.80. The van der Waals surface area contributed by atoms with Crippen molar-refractivity contribution in [2.24, 2.45) is 0 Å². The van der Waals surface area contributed by atoms with Crippen molar-refractivity contribution in [3.63, 3.8) is 0 Å². The Balaban J connectivity index is 1.32. The van der Waals surface area contributed by atoms with E-state index in [9.17, 15) is 0 Å². The molecule has 4 aromatic rings. The average molecular weight is 433 g/mol. The van der Waals surface area contributed by atoms with Crippen LogP contribution in [0.3, 0.4) is 0 Å². The van der Waals surface area contributed by atoms with Gasteiger partial charge >= 0.3 is 0 Å². The minimum absolute atomic E-state index is 0.344. The number of allylic oxidation sites excluding steroid dienone is 1. The molecule has 0 saturated heterocycles. The van der Waals surface area contributed by atoms with E-state index in [1.54, 1.807) is 6.20 Å². The van der Waals surface area contributed by atoms with Crippen molar-refractivity contribution < 1.29 is 13.9 Å². The third kappa shape index (κ3) is 4.06. The highest BCUT2D eigenvalue weighted by atomic mass is 32.2. The highest BCUT2D eigenvalue weighted by Gasteiger charge is 2.28. The van der Waals surface area contributed by atoms with Gasteiger partial charge in [-0.3, -0.25) is 4.57 Å². The number of aromatic nitrogens is 4. The number of fused-ring (bicyclic) bond motifs is 1. The maximum atomic E-state index is 6.11. The van der Waals surface area contributed by atoms with Gasteiger partial charge in [-0.25, -0.2) is 4.98 Å². The number of para-hydroxylation sites is 2. The van der Waals surface area contributed by atoms with Crippen LogP contribution in [0.1, 0.15) is 17.8 Å². The molecule has 0 bridgehead atoms. The minimum Gasteiger partial charge on any atom is -0.485 e. The van der Waals surface area contributed by atoms with Crippen LogP contribution in [0.5, 0.6) is 11.5 Å². The molecule has 3 heterocycles. The molecule has 1 aliphatic heterocycles. The number of hydrogen-bond acceptors (Lipinski definition) is 7. The molecule has 31 heavy (non-hydrogen) atoms. The van der Waals surface area contributed by atoms with Gasteiger partial charge < -0.3 is 13.9 Å². The van der Waals surface area contributed by atoms with E-state index in [4.69, 9.17) is 13.9 Å². The summed E-state index contributed by atoms with van der Waals surface area (Å²) in [5, 5.41) is 9.50. The van der Waals surface area contributed by atoms with E-state index in [1.807, 2.05) is 65.2 Å². The maximum absolute atomic E-state index is 6.11. The first-order chi connectivity index (χ1) is 15.3. The van der Waals surface area contributed by atoms with Crippen LogP contribution in [0.2, 0.25) is 0 Å². The fraction of sp³-hybridized carbons (Fsp3) is 0.174. The van der Waals surface area contributed by atoms with Crippen molar-refractivity contribution >= 4 is 11.8 Å². The Kier molecular flexibility index (Phi) is 5.45. The first kappa shape index (κ1) is 19.4. The van der Waals surface area contributed by atoms with Gasteiger partial charge in [-0.2, -0.15) is 0 Å². The summed E-state index contributed by atoms with van der Waals surface area (Å²) in [7, 11) is 0. The van der Waals surface area contributed by atoms with E-state index in [2.05, 4.69) is 21.8 Å². The number of ether oxygens (including phenoxy) is 2. The zero-order valence-corrected chi connectivity index (χ0v) is 17.5. The molecular weight excluding hydrogens is 412 g/mol. The predicted octanol–water partition coefficient (Wildman–Crippen LogP) is 4.92. The molecule has 1 atom stereocenters. The lowest BCUT2D eigenvalue weighted by Gasteiger charge is -2.26. The number of thioether (sulfide) groups is 1. The van der Waals surface area contributed by atoms with Gasteiger partial charge in [0.05, 0.1) is 11.9 Å². The molecule has 5 rings (SSSR count). The Labute approximate surface area is 183 Å². The van der Waals surface area contributed by atoms with Crippen molar-refractivity contribution in [1.29, 1.82) is 0 Å². The molecule has 8 heteroatoms. The van der Waals surface area contributed by atoms with Gasteiger partial charge in [0, 0.05) is 12.1 Å². The third-order valence-electron chi connectivity index (χ3n) is 4.79. The topological polar surface area (TPSA) is 75.2 Å². The second-order valence-electron chi connectivity index (χ2n) is 6.88. The molecule has 0 fully saturated rings. The van der Waals surface area contributed by atoms with E-state index in [0.717, 1.165) is 22.2 Å². The molecule has 1 unspecified atom stereocenters. The van der Waals surface area contributed by atoms with E-state index in [-0.39, 0.29) is 6.10 Å². The summed E-state index contributed by atoms with van der Waals surface area (Å²) in [5.74, 6) is 4.05. The Morgan fingerprint density at radius 1 is 1.06 bits per heavy atom. The number of benzene rings is 2. The fourth-order valence-electron chi connectivity index (χ4n) is 3.33. The molecule has 1 aliphatic rings. The van der Waals surface area contributed by atoms with Crippen LogP contribution in [0.15, 0.2) is 83.0 Å². The van der Waals surface area contributed by atoms with Gasteiger partial charge in [0.1, 0.15) is 6.61 Å². The summed E-state index contributed by atoms with van der Waals surface area (Å²) >= 11 is 1.51. The molecule has 0 saturated carbocycles. The van der Waals surface area contributed by atoms with E-state index in [0.29, 0.717) is 36.4 Å². The van der Waals surface area contributed by atoms with E-state index in [1.165, 1.54) is 11.8 Å². The first-order valence-corrected chi connectivity index (χ1v) is 10.9. The molecule has 0 N–H and O–H groups in total. The Hall–Kier alpha value is -3.52. The van der Waals surface area contributed by atoms with Gasteiger partial charge in [0.15, 0.2) is 34.3 Å². The molecule has 0 radical (unpaired) electrons. The first-order valence-electron chi connectivity index (χ1n) is 9.87. The van der Waals surface area contributed by atoms with Crippen LogP contribution in [0, 0.1) is 0 Å². The molecule has 0 amide bonds. The smallest absolute Gasteiger partial charge is 0.205 e. The van der Waals surface area contributed by atoms with Crippen molar-refractivity contribution in [3.8, 4) is 22.8 Å². The van der Waals surface area contributed by atoms with Crippen molar-refractivity contribution in [3.05, 3.63) is 85.2 Å². The fourth-order valence-corrected chi connectivity index (χ4v) is 4.14. The van der Waals surface area contributed by atoms with Crippen molar-refractivity contribution in [2.45, 2.75) is 23.6 Å². The van der Waals surface area contributed by atoms with Crippen LogP contribution in [0.25, 0.3) is 11.3 Å². The normalized spacial score (nSPS) is 15.0. The second kappa shape index (κ2) is 8.69. The lowest BCUT2D eigenvalue weighted by molar-refractivity contribution is 0.0821. The van der Waals surface area contributed by atoms with Gasteiger partial charge in [-0.1, -0.05) is 60.3 Å². The van der Waals surface area contributed by atoms with Gasteiger partial charge in [-0.05, 0) is 12.1 Å². The maximum Gasteiger partial charge on any atom is 0.205 e. The summed E-state index contributed by atoms with van der Waals surface area (Å²) in [5.41, 5.74) is 0.998. The predicted molar refractivity (Wildman–Crippen MR) is 117 cm³/mol. The Bertz CT molecular complexity index is 1190. The van der Waals surface area contributed by atoms with Crippen LogP contribution in [-0.4, -0.2) is 26.4 Å². The van der Waals surface area contributed by atoms with Crippen LogP contribution < -0.4 is 9.47 Å². The summed E-state index contributed by atoms with van der Waals surface area (Å²) < 4.78 is 19.8. The molecule has 156 valence electrons. The van der Waals surface area contributed by atoms with Gasteiger partial charge in [0.2, 0.25) is 5.89 Å². The van der Waals surface area contributed by atoms with E-state index >= 15 is 0 Å². The SMILES string of the molecule is C=CCn1c(SCc2ncc(-c3ccccc3)o2)nnc1C1COc2ccccc2O1. The lowest BCUT2D eigenvalue weighted by Crippen LogP contribution is -2.25. The van der Waals surface area contributed by atoms with Gasteiger partial charge in [0.25, 0.3) is 0 Å². The van der Waals surface area contributed by atoms with Crippen molar-refractivity contribution in [1.82, 2.24) is 19.7 Å². The Morgan fingerprint density at radius 2 is 1.87 bits per heavy atom. The highest BCUT2D eigenvalue weighted by Crippen LogP contribution is 2.36. The number of hydrogen-bond donors (Lipinski definition) is 0. The molecular formula is C23H20N4O3S. The van der Waals surface area contributed by atoms with Crippen LogP contribution in [0.4, 0.5) is 0 Å². The zero-order valence-electron chi connectivity index (χ0n) is 16.7. The molecule has 0 spiro atoms. The number of oxazole rings is 1. The standard InChI is InChI=1S/C23H20N4O3S/c1-2-12-27-22(20-14-28-17-10-6-7-11-18(17)29-20)25-26-23(27)31-15-21-24-13-19(30-21)16-8-4-3-5-9-16/h2-11,13,20H,1,12,14-15H2.